The summed E-state index contributed by atoms with van der Waals surface area (Å²) < 4.78 is 5.24. The Morgan fingerprint density at radius 1 is 1.07 bits per heavy atom. The van der Waals surface area contributed by atoms with Gasteiger partial charge in [-0.15, -0.1) is 6.58 Å². The quantitative estimate of drug-likeness (QED) is 0.460. The lowest BCUT2D eigenvalue weighted by Gasteiger charge is -2.27. The molecule has 0 aromatic carbocycles. The van der Waals surface area contributed by atoms with Gasteiger partial charge in [-0.2, -0.15) is 0 Å². The highest BCUT2D eigenvalue weighted by atomic mass is 16.5. The Labute approximate surface area is 87.8 Å². The molecule has 1 rings (SSSR count). The van der Waals surface area contributed by atoms with E-state index < -0.39 is 0 Å². The van der Waals surface area contributed by atoms with Gasteiger partial charge in [-0.3, -0.25) is 0 Å². The van der Waals surface area contributed by atoms with Crippen LogP contribution in [0.2, 0.25) is 0 Å². The Bertz CT molecular complexity index is 146. The molecule has 0 unspecified atom stereocenters. The molecule has 0 amide bonds. The molecule has 1 aliphatic carbocycles. The predicted octanol–water partition coefficient (Wildman–Crippen LogP) is 3.92. The Kier molecular flexibility index (Phi) is 5.43. The molecule has 0 aromatic heterocycles. The van der Waals surface area contributed by atoms with Crippen molar-refractivity contribution in [2.75, 3.05) is 6.61 Å². The largest absolute Gasteiger partial charge is 0.502 e. The summed E-state index contributed by atoms with van der Waals surface area (Å²) in [5, 5.41) is 0. The summed E-state index contributed by atoms with van der Waals surface area (Å²) in [6.45, 7) is 8.21. The maximum atomic E-state index is 5.24. The smallest absolute Gasteiger partial charge is 0.0901 e. The van der Waals surface area contributed by atoms with E-state index in [1.807, 2.05) is 6.08 Å². The fourth-order valence-corrected chi connectivity index (χ4v) is 2.24. The molecule has 0 bridgehead atoms. The molecule has 0 atom stereocenters. The van der Waals surface area contributed by atoms with Crippen molar-refractivity contribution in [3.8, 4) is 0 Å². The lowest BCUT2D eigenvalue weighted by atomic mass is 9.80. The molecule has 0 N–H and O–H groups in total. The van der Waals surface area contributed by atoms with Crippen LogP contribution in [0, 0.1) is 11.8 Å². The van der Waals surface area contributed by atoms with Gasteiger partial charge in [0, 0.05) is 0 Å². The Balaban J connectivity index is 2.10. The van der Waals surface area contributed by atoms with Gasteiger partial charge in [0.25, 0.3) is 0 Å². The lowest BCUT2D eigenvalue weighted by molar-refractivity contribution is 0.147. The van der Waals surface area contributed by atoms with Gasteiger partial charge < -0.3 is 4.74 Å². The van der Waals surface area contributed by atoms with E-state index in [9.17, 15) is 0 Å². The number of rotatable bonds is 6. The molecule has 80 valence electrons. The Morgan fingerprint density at radius 2 is 1.71 bits per heavy atom. The molecule has 0 aromatic rings. The van der Waals surface area contributed by atoms with Gasteiger partial charge in [-0.25, -0.2) is 0 Å². The van der Waals surface area contributed by atoms with Crippen LogP contribution in [0.1, 0.15) is 38.5 Å². The second-order valence-electron chi connectivity index (χ2n) is 4.25. The van der Waals surface area contributed by atoms with Crippen molar-refractivity contribution < 1.29 is 4.74 Å². The molecule has 1 saturated carbocycles. The van der Waals surface area contributed by atoms with Crippen LogP contribution in [0.3, 0.4) is 0 Å². The standard InChI is InChI=1S/C13H22O/c1-3-5-6-12-7-9-13(10-8-12)11-14-4-2/h3-4,12-13H,1-2,5-11H2. The maximum Gasteiger partial charge on any atom is 0.0901 e. The van der Waals surface area contributed by atoms with E-state index >= 15 is 0 Å². The van der Waals surface area contributed by atoms with Gasteiger partial charge in [0.15, 0.2) is 0 Å². The van der Waals surface area contributed by atoms with Gasteiger partial charge in [0.05, 0.1) is 12.9 Å². The molecule has 14 heavy (non-hydrogen) atoms. The van der Waals surface area contributed by atoms with Crippen molar-refractivity contribution >= 4 is 0 Å². The molecule has 0 radical (unpaired) electrons. The van der Waals surface area contributed by atoms with Crippen molar-refractivity contribution in [3.63, 3.8) is 0 Å². The topological polar surface area (TPSA) is 9.23 Å². The number of hydrogen-bond acceptors (Lipinski definition) is 1. The van der Waals surface area contributed by atoms with Gasteiger partial charge in [0.2, 0.25) is 0 Å². The summed E-state index contributed by atoms with van der Waals surface area (Å²) in [5.41, 5.74) is 0. The second kappa shape index (κ2) is 6.69. The first-order valence-corrected chi connectivity index (χ1v) is 5.70. The van der Waals surface area contributed by atoms with Crippen molar-refractivity contribution in [1.29, 1.82) is 0 Å². The molecular formula is C13H22O. The van der Waals surface area contributed by atoms with Gasteiger partial charge >= 0.3 is 0 Å². The summed E-state index contributed by atoms with van der Waals surface area (Å²) in [6, 6.07) is 0. The van der Waals surface area contributed by atoms with Crippen LogP contribution < -0.4 is 0 Å². The molecule has 0 heterocycles. The summed E-state index contributed by atoms with van der Waals surface area (Å²) in [6.07, 6.45) is 11.5. The normalized spacial score (nSPS) is 26.9. The minimum atomic E-state index is 0.771. The third-order valence-electron chi connectivity index (χ3n) is 3.20. The van der Waals surface area contributed by atoms with Crippen LogP contribution >= 0.6 is 0 Å². The van der Waals surface area contributed by atoms with E-state index in [0.717, 1.165) is 18.4 Å². The third-order valence-corrected chi connectivity index (χ3v) is 3.20. The van der Waals surface area contributed by atoms with Crippen LogP contribution in [0.5, 0.6) is 0 Å². The van der Waals surface area contributed by atoms with Gasteiger partial charge in [-0.05, 0) is 37.5 Å². The zero-order valence-electron chi connectivity index (χ0n) is 9.08. The first-order valence-electron chi connectivity index (χ1n) is 5.70. The van der Waals surface area contributed by atoms with Crippen LogP contribution in [0.25, 0.3) is 0 Å². The summed E-state index contributed by atoms with van der Waals surface area (Å²) in [4.78, 5) is 0. The highest BCUT2D eigenvalue weighted by Crippen LogP contribution is 2.31. The first-order chi connectivity index (χ1) is 6.86. The second-order valence-corrected chi connectivity index (χ2v) is 4.25. The fraction of sp³-hybridized carbons (Fsp3) is 0.692. The van der Waals surface area contributed by atoms with Crippen molar-refractivity contribution in [2.24, 2.45) is 11.8 Å². The zero-order chi connectivity index (χ0) is 10.2. The van der Waals surface area contributed by atoms with Gasteiger partial charge in [0.1, 0.15) is 0 Å². The average Bonchev–Trinajstić information content (AvgIpc) is 2.25. The van der Waals surface area contributed by atoms with E-state index in [2.05, 4.69) is 13.2 Å². The van der Waals surface area contributed by atoms with Crippen LogP contribution in [0.15, 0.2) is 25.5 Å². The van der Waals surface area contributed by atoms with E-state index in [4.69, 9.17) is 4.74 Å². The maximum absolute atomic E-state index is 5.24. The minimum absolute atomic E-state index is 0.771. The molecule has 1 aliphatic rings. The van der Waals surface area contributed by atoms with Crippen LogP contribution in [-0.2, 0) is 4.74 Å². The summed E-state index contributed by atoms with van der Waals surface area (Å²) in [5.74, 6) is 1.71. The van der Waals surface area contributed by atoms with E-state index in [0.29, 0.717) is 0 Å². The minimum Gasteiger partial charge on any atom is -0.502 e. The summed E-state index contributed by atoms with van der Waals surface area (Å²) in [7, 11) is 0. The average molecular weight is 194 g/mol. The molecule has 0 spiro atoms. The molecule has 0 aliphatic heterocycles. The van der Waals surface area contributed by atoms with Crippen LogP contribution in [-0.4, -0.2) is 6.61 Å². The van der Waals surface area contributed by atoms with Crippen molar-refractivity contribution in [3.05, 3.63) is 25.5 Å². The molecule has 1 fully saturated rings. The van der Waals surface area contributed by atoms with E-state index in [1.165, 1.54) is 38.5 Å². The zero-order valence-corrected chi connectivity index (χ0v) is 9.08. The molecule has 1 heteroatoms. The van der Waals surface area contributed by atoms with E-state index in [1.54, 1.807) is 6.26 Å². The Hall–Kier alpha value is -0.720. The first kappa shape index (κ1) is 11.4. The third kappa shape index (κ3) is 3.99. The van der Waals surface area contributed by atoms with Crippen molar-refractivity contribution in [1.82, 2.24) is 0 Å². The highest BCUT2D eigenvalue weighted by Gasteiger charge is 2.20. The highest BCUT2D eigenvalue weighted by molar-refractivity contribution is 4.76. The van der Waals surface area contributed by atoms with Gasteiger partial charge in [-0.1, -0.05) is 25.5 Å². The lowest BCUT2D eigenvalue weighted by Crippen LogP contribution is -2.17. The number of hydrogen-bond donors (Lipinski definition) is 0. The summed E-state index contributed by atoms with van der Waals surface area (Å²) >= 11 is 0. The molecule has 0 saturated heterocycles. The van der Waals surface area contributed by atoms with Crippen LogP contribution in [0.4, 0.5) is 0 Å². The van der Waals surface area contributed by atoms with Crippen molar-refractivity contribution in [2.45, 2.75) is 38.5 Å². The number of allylic oxidation sites excluding steroid dienone is 1. The fourth-order valence-electron chi connectivity index (χ4n) is 2.24. The van der Waals surface area contributed by atoms with E-state index in [-0.39, 0.29) is 0 Å². The molecular weight excluding hydrogens is 172 g/mol. The predicted molar refractivity (Wildman–Crippen MR) is 61.0 cm³/mol. The molecule has 1 nitrogen and oxygen atoms in total. The SMILES string of the molecule is C=CCCC1CCC(COC=C)CC1. The number of ether oxygens (including phenoxy) is 1. The monoisotopic (exact) mass is 194 g/mol. The Morgan fingerprint density at radius 3 is 2.29 bits per heavy atom.